The summed E-state index contributed by atoms with van der Waals surface area (Å²) in [5, 5.41) is 2.50. The van der Waals surface area contributed by atoms with Gasteiger partial charge in [-0.15, -0.1) is 0 Å². The Hall–Kier alpha value is -2.72. The third-order valence-corrected chi connectivity index (χ3v) is 5.96. The monoisotopic (exact) mass is 451 g/mol. The van der Waals surface area contributed by atoms with Gasteiger partial charge >= 0.3 is 0 Å². The lowest BCUT2D eigenvalue weighted by Gasteiger charge is -2.47. The van der Waals surface area contributed by atoms with Gasteiger partial charge < -0.3 is 28.8 Å². The van der Waals surface area contributed by atoms with Gasteiger partial charge in [-0.25, -0.2) is 8.78 Å². The number of oxazole rings is 1. The highest BCUT2D eigenvalue weighted by molar-refractivity contribution is 6.03. The molecule has 8 nitrogen and oxygen atoms in total. The summed E-state index contributed by atoms with van der Waals surface area (Å²) in [5.74, 6) is -2.50. The van der Waals surface area contributed by atoms with Crippen molar-refractivity contribution in [2.45, 2.75) is 44.8 Å². The maximum Gasteiger partial charge on any atom is 0.298 e. The fourth-order valence-corrected chi connectivity index (χ4v) is 3.88. The van der Waals surface area contributed by atoms with Gasteiger partial charge in [0.25, 0.3) is 11.9 Å². The van der Waals surface area contributed by atoms with E-state index in [9.17, 15) is 13.6 Å². The molecule has 0 aliphatic carbocycles. The number of carbonyl (C=O) groups excluding carboxylic acids is 1. The van der Waals surface area contributed by atoms with E-state index >= 15 is 0 Å². The summed E-state index contributed by atoms with van der Waals surface area (Å²) in [4.78, 5) is 19.0. The molecule has 1 aromatic carbocycles. The number of nitrogens with one attached hydrogen (secondary N) is 1. The maximum atomic E-state index is 14.5. The molecule has 32 heavy (non-hydrogen) atoms. The Morgan fingerprint density at radius 3 is 2.59 bits per heavy atom. The van der Waals surface area contributed by atoms with Gasteiger partial charge in [0, 0.05) is 37.8 Å². The van der Waals surface area contributed by atoms with Gasteiger partial charge in [0.1, 0.15) is 17.5 Å². The van der Waals surface area contributed by atoms with E-state index in [1.807, 2.05) is 18.7 Å². The number of benzene rings is 1. The summed E-state index contributed by atoms with van der Waals surface area (Å²) in [7, 11) is 1.67. The van der Waals surface area contributed by atoms with Gasteiger partial charge in [-0.3, -0.25) is 4.79 Å². The SMILES string of the molecule is CCc1oc(N2CC(CC)(OC)C2)nc1C(=O)Nc1cc(F)c(OC2CCOC2)c(F)c1. The Morgan fingerprint density at radius 2 is 2.03 bits per heavy atom. The van der Waals surface area contributed by atoms with Crippen molar-refractivity contribution in [2.75, 3.05) is 43.6 Å². The van der Waals surface area contributed by atoms with Crippen LogP contribution in [0.15, 0.2) is 16.5 Å². The third kappa shape index (κ3) is 4.29. The van der Waals surface area contributed by atoms with Crippen LogP contribution in [0.3, 0.4) is 0 Å². The summed E-state index contributed by atoms with van der Waals surface area (Å²) in [6.07, 6.45) is 1.45. The molecule has 1 aromatic heterocycles. The van der Waals surface area contributed by atoms with Crippen LogP contribution >= 0.6 is 0 Å². The first kappa shape index (κ1) is 22.5. The van der Waals surface area contributed by atoms with Crippen LogP contribution in [-0.4, -0.2) is 56.0 Å². The number of methoxy groups -OCH3 is 1. The van der Waals surface area contributed by atoms with Crippen LogP contribution < -0.4 is 15.0 Å². The van der Waals surface area contributed by atoms with Gasteiger partial charge in [0.2, 0.25) is 0 Å². The van der Waals surface area contributed by atoms with Gasteiger partial charge in [-0.05, 0) is 6.42 Å². The van der Waals surface area contributed by atoms with Gasteiger partial charge in [0.05, 0.1) is 26.3 Å². The molecule has 2 saturated heterocycles. The lowest BCUT2D eigenvalue weighted by Crippen LogP contribution is -2.62. The number of anilines is 2. The molecule has 10 heteroatoms. The van der Waals surface area contributed by atoms with Crippen molar-refractivity contribution in [1.82, 2.24) is 4.98 Å². The Morgan fingerprint density at radius 1 is 1.31 bits per heavy atom. The number of nitrogens with zero attached hydrogens (tertiary/aromatic N) is 2. The molecule has 2 aliphatic rings. The molecule has 4 rings (SSSR count). The molecule has 1 N–H and O–H groups in total. The molecule has 2 fully saturated rings. The van der Waals surface area contributed by atoms with Crippen LogP contribution in [0.1, 0.15) is 42.9 Å². The minimum Gasteiger partial charge on any atom is -0.482 e. The number of amides is 1. The zero-order valence-corrected chi connectivity index (χ0v) is 18.4. The smallest absolute Gasteiger partial charge is 0.298 e. The Labute approximate surface area is 184 Å². The molecule has 0 bridgehead atoms. The van der Waals surface area contributed by atoms with Crippen molar-refractivity contribution in [3.05, 3.63) is 35.2 Å². The second-order valence-corrected chi connectivity index (χ2v) is 8.05. The number of aromatic nitrogens is 1. The van der Waals surface area contributed by atoms with Crippen LogP contribution in [0.5, 0.6) is 5.75 Å². The molecule has 0 saturated carbocycles. The first-order valence-corrected chi connectivity index (χ1v) is 10.7. The van der Waals surface area contributed by atoms with Crippen LogP contribution in [0.2, 0.25) is 0 Å². The molecular weight excluding hydrogens is 424 g/mol. The van der Waals surface area contributed by atoms with Gasteiger partial charge in [0.15, 0.2) is 23.1 Å². The maximum absolute atomic E-state index is 14.5. The predicted octanol–water partition coefficient (Wildman–Crippen LogP) is 3.55. The number of rotatable bonds is 8. The summed E-state index contributed by atoms with van der Waals surface area (Å²) in [6, 6.07) is 2.36. The molecule has 1 unspecified atom stereocenters. The molecule has 1 amide bonds. The molecule has 0 spiro atoms. The summed E-state index contributed by atoms with van der Waals surface area (Å²) in [6.45, 7) is 5.86. The molecule has 1 atom stereocenters. The summed E-state index contributed by atoms with van der Waals surface area (Å²) >= 11 is 0. The molecule has 174 valence electrons. The molecule has 3 heterocycles. The van der Waals surface area contributed by atoms with Crippen molar-refractivity contribution in [3.8, 4) is 5.75 Å². The number of hydrogen-bond donors (Lipinski definition) is 1. The van der Waals surface area contributed by atoms with Crippen LogP contribution in [-0.2, 0) is 15.9 Å². The number of aryl methyl sites for hydroxylation is 1. The Bertz CT molecular complexity index is 955. The van der Waals surface area contributed by atoms with Crippen molar-refractivity contribution < 1.29 is 32.2 Å². The first-order chi connectivity index (χ1) is 15.4. The average molecular weight is 451 g/mol. The van der Waals surface area contributed by atoms with Crippen LogP contribution in [0.4, 0.5) is 20.5 Å². The molecule has 0 radical (unpaired) electrons. The van der Waals surface area contributed by atoms with E-state index in [-0.39, 0.29) is 23.6 Å². The number of carbonyl (C=O) groups is 1. The highest BCUT2D eigenvalue weighted by atomic mass is 19.1. The predicted molar refractivity (Wildman–Crippen MR) is 112 cm³/mol. The fourth-order valence-electron chi connectivity index (χ4n) is 3.88. The fraction of sp³-hybridized carbons (Fsp3) is 0.545. The first-order valence-electron chi connectivity index (χ1n) is 10.7. The van der Waals surface area contributed by atoms with E-state index in [1.165, 1.54) is 0 Å². The molecule has 2 aliphatic heterocycles. The van der Waals surface area contributed by atoms with E-state index in [2.05, 4.69) is 10.3 Å². The average Bonchev–Trinajstić information content (AvgIpc) is 3.40. The lowest BCUT2D eigenvalue weighted by molar-refractivity contribution is -0.0379. The largest absolute Gasteiger partial charge is 0.482 e. The van der Waals surface area contributed by atoms with Gasteiger partial charge in [-0.2, -0.15) is 4.98 Å². The van der Waals surface area contributed by atoms with E-state index in [1.54, 1.807) is 7.11 Å². The van der Waals surface area contributed by atoms with Crippen LogP contribution in [0, 0.1) is 11.6 Å². The standard InChI is InChI=1S/C22H27F2N3O5/c1-4-17-18(26-21(32-17)27-11-22(5-2,12-27)29-3)20(28)25-13-8-15(23)19(16(24)9-13)31-14-6-7-30-10-14/h8-9,14H,4-7,10-12H2,1-3H3,(H,25,28). The quantitative estimate of drug-likeness (QED) is 0.657. The topological polar surface area (TPSA) is 86.1 Å². The second kappa shape index (κ2) is 9.03. The summed E-state index contributed by atoms with van der Waals surface area (Å²) in [5.41, 5.74) is -0.203. The Kier molecular flexibility index (Phi) is 6.34. The minimum absolute atomic E-state index is 0.0417. The number of halogens is 2. The van der Waals surface area contributed by atoms with E-state index in [0.717, 1.165) is 18.6 Å². The number of hydrogen-bond acceptors (Lipinski definition) is 7. The zero-order chi connectivity index (χ0) is 22.9. The van der Waals surface area contributed by atoms with E-state index < -0.39 is 29.4 Å². The van der Waals surface area contributed by atoms with Crippen molar-refractivity contribution in [1.29, 1.82) is 0 Å². The molecular formula is C22H27F2N3O5. The normalized spacial score (nSPS) is 19.7. The van der Waals surface area contributed by atoms with E-state index in [0.29, 0.717) is 44.3 Å². The van der Waals surface area contributed by atoms with Crippen molar-refractivity contribution in [3.63, 3.8) is 0 Å². The van der Waals surface area contributed by atoms with Crippen molar-refractivity contribution in [2.24, 2.45) is 0 Å². The number of ether oxygens (including phenoxy) is 3. The molecule has 2 aromatic rings. The second-order valence-electron chi connectivity index (χ2n) is 8.05. The zero-order valence-electron chi connectivity index (χ0n) is 18.4. The lowest BCUT2D eigenvalue weighted by atomic mass is 9.91. The highest BCUT2D eigenvalue weighted by Gasteiger charge is 2.44. The highest BCUT2D eigenvalue weighted by Crippen LogP contribution is 2.34. The third-order valence-electron chi connectivity index (χ3n) is 5.96. The Balaban J connectivity index is 1.47. The van der Waals surface area contributed by atoms with Crippen LogP contribution in [0.25, 0.3) is 0 Å². The van der Waals surface area contributed by atoms with Gasteiger partial charge in [-0.1, -0.05) is 13.8 Å². The summed E-state index contributed by atoms with van der Waals surface area (Å²) < 4.78 is 50.8. The minimum atomic E-state index is -0.903. The van der Waals surface area contributed by atoms with Crippen molar-refractivity contribution >= 4 is 17.6 Å². The van der Waals surface area contributed by atoms with E-state index in [4.69, 9.17) is 18.6 Å².